The van der Waals surface area contributed by atoms with E-state index in [0.717, 1.165) is 19.4 Å². The zero-order valence-corrected chi connectivity index (χ0v) is 9.49. The monoisotopic (exact) mass is 198 g/mol. The Kier molecular flexibility index (Phi) is 3.93. The molecule has 3 nitrogen and oxygen atoms in total. The van der Waals surface area contributed by atoms with E-state index in [9.17, 15) is 4.79 Å². The van der Waals surface area contributed by atoms with Gasteiger partial charge in [0, 0.05) is 18.5 Å². The van der Waals surface area contributed by atoms with E-state index < -0.39 is 0 Å². The molecule has 1 aliphatic heterocycles. The van der Waals surface area contributed by atoms with Crippen LogP contribution in [0.15, 0.2) is 0 Å². The highest BCUT2D eigenvalue weighted by Crippen LogP contribution is 2.24. The SMILES string of the molecule is CC1CC(C)N(C(=O)C(C)CCN)C1. The van der Waals surface area contributed by atoms with Gasteiger partial charge in [-0.2, -0.15) is 0 Å². The summed E-state index contributed by atoms with van der Waals surface area (Å²) in [6.07, 6.45) is 1.94. The first kappa shape index (κ1) is 11.5. The second-order valence-corrected chi connectivity index (χ2v) is 4.66. The lowest BCUT2D eigenvalue weighted by Crippen LogP contribution is -2.38. The zero-order chi connectivity index (χ0) is 10.7. The fraction of sp³-hybridized carbons (Fsp3) is 0.909. The Morgan fingerprint density at radius 2 is 2.21 bits per heavy atom. The minimum atomic E-state index is 0.0905. The summed E-state index contributed by atoms with van der Waals surface area (Å²) in [5.41, 5.74) is 5.46. The van der Waals surface area contributed by atoms with Gasteiger partial charge < -0.3 is 10.6 Å². The van der Waals surface area contributed by atoms with Crippen LogP contribution in [0.2, 0.25) is 0 Å². The molecule has 0 aromatic rings. The molecule has 1 rings (SSSR count). The maximum atomic E-state index is 12.0. The first-order chi connectivity index (χ1) is 6.56. The van der Waals surface area contributed by atoms with Crippen LogP contribution < -0.4 is 5.73 Å². The van der Waals surface area contributed by atoms with Crippen LogP contribution in [-0.4, -0.2) is 29.9 Å². The van der Waals surface area contributed by atoms with Crippen LogP contribution in [0.5, 0.6) is 0 Å². The van der Waals surface area contributed by atoms with Crippen molar-refractivity contribution in [1.29, 1.82) is 0 Å². The highest BCUT2D eigenvalue weighted by molar-refractivity contribution is 5.79. The van der Waals surface area contributed by atoms with E-state index in [1.54, 1.807) is 0 Å². The smallest absolute Gasteiger partial charge is 0.225 e. The van der Waals surface area contributed by atoms with Crippen molar-refractivity contribution in [3.63, 3.8) is 0 Å². The maximum absolute atomic E-state index is 12.0. The van der Waals surface area contributed by atoms with Crippen molar-refractivity contribution in [2.45, 2.75) is 39.7 Å². The van der Waals surface area contributed by atoms with Crippen molar-refractivity contribution in [3.8, 4) is 0 Å². The van der Waals surface area contributed by atoms with Crippen molar-refractivity contribution in [3.05, 3.63) is 0 Å². The fourth-order valence-corrected chi connectivity index (χ4v) is 2.26. The quantitative estimate of drug-likeness (QED) is 0.741. The van der Waals surface area contributed by atoms with Gasteiger partial charge in [-0.25, -0.2) is 0 Å². The summed E-state index contributed by atoms with van der Waals surface area (Å²) < 4.78 is 0. The molecule has 0 saturated carbocycles. The number of nitrogens with zero attached hydrogens (tertiary/aromatic N) is 1. The van der Waals surface area contributed by atoms with Crippen LogP contribution in [0.3, 0.4) is 0 Å². The lowest BCUT2D eigenvalue weighted by Gasteiger charge is -2.24. The molecule has 1 fully saturated rings. The van der Waals surface area contributed by atoms with Crippen molar-refractivity contribution in [2.24, 2.45) is 17.6 Å². The third-order valence-electron chi connectivity index (χ3n) is 3.09. The average molecular weight is 198 g/mol. The van der Waals surface area contributed by atoms with Crippen LogP contribution in [-0.2, 0) is 4.79 Å². The molecule has 0 bridgehead atoms. The molecule has 3 atom stereocenters. The minimum Gasteiger partial charge on any atom is -0.339 e. The number of hydrogen-bond donors (Lipinski definition) is 1. The normalized spacial score (nSPS) is 29.3. The second kappa shape index (κ2) is 4.78. The van der Waals surface area contributed by atoms with Crippen molar-refractivity contribution in [1.82, 2.24) is 4.90 Å². The number of nitrogens with two attached hydrogens (primary N) is 1. The number of hydrogen-bond acceptors (Lipinski definition) is 2. The molecule has 0 aromatic heterocycles. The van der Waals surface area contributed by atoms with Gasteiger partial charge in [0.1, 0.15) is 0 Å². The van der Waals surface area contributed by atoms with E-state index in [1.165, 1.54) is 0 Å². The number of rotatable bonds is 3. The van der Waals surface area contributed by atoms with Crippen LogP contribution >= 0.6 is 0 Å². The summed E-state index contributed by atoms with van der Waals surface area (Å²) in [7, 11) is 0. The second-order valence-electron chi connectivity index (χ2n) is 4.66. The molecule has 0 aromatic carbocycles. The van der Waals surface area contributed by atoms with Crippen LogP contribution in [0.1, 0.15) is 33.6 Å². The third-order valence-corrected chi connectivity index (χ3v) is 3.09. The standard InChI is InChI=1S/C11H22N2O/c1-8-6-10(3)13(7-8)11(14)9(2)4-5-12/h8-10H,4-7,12H2,1-3H3. The van der Waals surface area contributed by atoms with Gasteiger partial charge in [0.25, 0.3) is 0 Å². The molecule has 1 aliphatic rings. The van der Waals surface area contributed by atoms with Crippen molar-refractivity contribution >= 4 is 5.91 Å². The minimum absolute atomic E-state index is 0.0905. The van der Waals surface area contributed by atoms with Crippen LogP contribution in [0.25, 0.3) is 0 Å². The van der Waals surface area contributed by atoms with Gasteiger partial charge in [0.05, 0.1) is 0 Å². The van der Waals surface area contributed by atoms with Gasteiger partial charge in [-0.05, 0) is 32.2 Å². The molecule has 2 N–H and O–H groups in total. The molecule has 0 aliphatic carbocycles. The summed E-state index contributed by atoms with van der Waals surface area (Å²) in [5, 5.41) is 0. The Hall–Kier alpha value is -0.570. The number of likely N-dealkylation sites (tertiary alicyclic amines) is 1. The Morgan fingerprint density at radius 1 is 1.57 bits per heavy atom. The molecule has 3 unspecified atom stereocenters. The molecule has 3 heteroatoms. The van der Waals surface area contributed by atoms with Gasteiger partial charge >= 0.3 is 0 Å². The van der Waals surface area contributed by atoms with E-state index in [2.05, 4.69) is 13.8 Å². The molecular formula is C11H22N2O. The fourth-order valence-electron chi connectivity index (χ4n) is 2.26. The van der Waals surface area contributed by atoms with Crippen LogP contribution in [0, 0.1) is 11.8 Å². The lowest BCUT2D eigenvalue weighted by molar-refractivity contribution is -0.135. The van der Waals surface area contributed by atoms with E-state index in [1.807, 2.05) is 11.8 Å². The van der Waals surface area contributed by atoms with E-state index >= 15 is 0 Å². The summed E-state index contributed by atoms with van der Waals surface area (Å²) >= 11 is 0. The van der Waals surface area contributed by atoms with Gasteiger partial charge in [0.15, 0.2) is 0 Å². The maximum Gasteiger partial charge on any atom is 0.225 e. The summed E-state index contributed by atoms with van der Waals surface area (Å²) in [6.45, 7) is 7.85. The molecule has 1 saturated heterocycles. The highest BCUT2D eigenvalue weighted by Gasteiger charge is 2.31. The Morgan fingerprint density at radius 3 is 2.64 bits per heavy atom. The topological polar surface area (TPSA) is 46.3 Å². The van der Waals surface area contributed by atoms with Gasteiger partial charge in [-0.1, -0.05) is 13.8 Å². The summed E-state index contributed by atoms with van der Waals surface area (Å²) in [6, 6.07) is 0.415. The molecule has 1 amide bonds. The van der Waals surface area contributed by atoms with E-state index in [4.69, 9.17) is 5.73 Å². The first-order valence-corrected chi connectivity index (χ1v) is 5.56. The molecule has 1 heterocycles. The van der Waals surface area contributed by atoms with Gasteiger partial charge in [-0.15, -0.1) is 0 Å². The number of amides is 1. The largest absolute Gasteiger partial charge is 0.339 e. The van der Waals surface area contributed by atoms with Gasteiger partial charge in [-0.3, -0.25) is 4.79 Å². The molecule has 0 radical (unpaired) electrons. The Labute approximate surface area is 86.6 Å². The van der Waals surface area contributed by atoms with Crippen LogP contribution in [0.4, 0.5) is 0 Å². The number of carbonyl (C=O) groups excluding carboxylic acids is 1. The highest BCUT2D eigenvalue weighted by atomic mass is 16.2. The predicted molar refractivity (Wildman–Crippen MR) is 57.8 cm³/mol. The Balaban J connectivity index is 2.52. The first-order valence-electron chi connectivity index (χ1n) is 5.56. The molecule has 0 spiro atoms. The molecule has 14 heavy (non-hydrogen) atoms. The number of carbonyl (C=O) groups is 1. The van der Waals surface area contributed by atoms with Crippen molar-refractivity contribution < 1.29 is 4.79 Å². The summed E-state index contributed by atoms with van der Waals surface area (Å²) in [4.78, 5) is 14.0. The Bertz CT molecular complexity index is 205. The predicted octanol–water partition coefficient (Wildman–Crippen LogP) is 1.23. The van der Waals surface area contributed by atoms with E-state index in [-0.39, 0.29) is 11.8 Å². The summed E-state index contributed by atoms with van der Waals surface area (Å²) in [5.74, 6) is 1.03. The third kappa shape index (κ3) is 2.47. The van der Waals surface area contributed by atoms with Crippen molar-refractivity contribution in [2.75, 3.05) is 13.1 Å². The molecule has 82 valence electrons. The lowest BCUT2D eigenvalue weighted by atomic mass is 10.1. The van der Waals surface area contributed by atoms with Gasteiger partial charge in [0.2, 0.25) is 5.91 Å². The zero-order valence-electron chi connectivity index (χ0n) is 9.49. The average Bonchev–Trinajstić information content (AvgIpc) is 2.44. The molecular weight excluding hydrogens is 176 g/mol. The van der Waals surface area contributed by atoms with E-state index in [0.29, 0.717) is 18.5 Å².